The zero-order valence-electron chi connectivity index (χ0n) is 12.2. The zero-order valence-corrected chi connectivity index (χ0v) is 12.2. The van der Waals surface area contributed by atoms with Gasteiger partial charge in [0.05, 0.1) is 0 Å². The van der Waals surface area contributed by atoms with Crippen molar-refractivity contribution in [3.8, 4) is 0 Å². The number of rotatable bonds is 1. The normalized spacial score (nSPS) is 19.6. The van der Waals surface area contributed by atoms with Crippen molar-refractivity contribution in [1.82, 2.24) is 10.2 Å². The lowest BCUT2D eigenvalue weighted by atomic mass is 10.1. The topological polar surface area (TPSA) is 45.5 Å². The first kappa shape index (κ1) is 13.2. The van der Waals surface area contributed by atoms with E-state index in [2.05, 4.69) is 32.2 Å². The van der Waals surface area contributed by atoms with Gasteiger partial charge in [0.1, 0.15) is 5.58 Å². The van der Waals surface area contributed by atoms with E-state index in [0.717, 1.165) is 30.6 Å². The molecule has 106 valence electrons. The van der Waals surface area contributed by atoms with Crippen molar-refractivity contribution < 1.29 is 9.21 Å². The summed E-state index contributed by atoms with van der Waals surface area (Å²) in [6.45, 7) is 8.59. The van der Waals surface area contributed by atoms with Crippen LogP contribution in [0.1, 0.15) is 28.6 Å². The summed E-state index contributed by atoms with van der Waals surface area (Å²) >= 11 is 0. The number of hydrogen-bond acceptors (Lipinski definition) is 3. The Hall–Kier alpha value is -1.81. The van der Waals surface area contributed by atoms with E-state index in [1.165, 1.54) is 11.1 Å². The van der Waals surface area contributed by atoms with Gasteiger partial charge >= 0.3 is 0 Å². The predicted octanol–water partition coefficient (Wildman–Crippen LogP) is 2.48. The Bertz CT molecular complexity index is 621. The number of fused-ring (bicyclic) bond motifs is 1. The molecule has 4 nitrogen and oxygen atoms in total. The number of nitrogens with one attached hydrogen (secondary N) is 1. The van der Waals surface area contributed by atoms with Crippen molar-refractivity contribution in [3.63, 3.8) is 0 Å². The van der Waals surface area contributed by atoms with Crippen LogP contribution in [0.4, 0.5) is 0 Å². The second kappa shape index (κ2) is 4.94. The lowest BCUT2D eigenvalue weighted by Gasteiger charge is -2.33. The van der Waals surface area contributed by atoms with Crippen LogP contribution in [0.3, 0.4) is 0 Å². The van der Waals surface area contributed by atoms with Gasteiger partial charge in [0.2, 0.25) is 0 Å². The average Bonchev–Trinajstić information content (AvgIpc) is 2.82. The van der Waals surface area contributed by atoms with Gasteiger partial charge in [-0.2, -0.15) is 0 Å². The van der Waals surface area contributed by atoms with Crippen LogP contribution in [0.5, 0.6) is 0 Å². The van der Waals surface area contributed by atoms with E-state index in [9.17, 15) is 4.79 Å². The first-order valence-corrected chi connectivity index (χ1v) is 7.09. The van der Waals surface area contributed by atoms with Crippen LogP contribution >= 0.6 is 0 Å². The van der Waals surface area contributed by atoms with Crippen molar-refractivity contribution >= 4 is 16.9 Å². The summed E-state index contributed by atoms with van der Waals surface area (Å²) in [6, 6.07) is 6.14. The molecule has 1 unspecified atom stereocenters. The molecule has 2 aromatic rings. The van der Waals surface area contributed by atoms with E-state index >= 15 is 0 Å². The highest BCUT2D eigenvalue weighted by Gasteiger charge is 2.26. The lowest BCUT2D eigenvalue weighted by molar-refractivity contribution is 0.0625. The van der Waals surface area contributed by atoms with Gasteiger partial charge in [-0.3, -0.25) is 4.79 Å². The summed E-state index contributed by atoms with van der Waals surface area (Å²) in [5, 5.41) is 4.29. The third kappa shape index (κ3) is 2.20. The van der Waals surface area contributed by atoms with Crippen LogP contribution < -0.4 is 5.32 Å². The number of amides is 1. The Morgan fingerprint density at radius 3 is 2.80 bits per heavy atom. The molecule has 1 aliphatic rings. The molecule has 1 N–H and O–H groups in total. The fraction of sp³-hybridized carbons (Fsp3) is 0.438. The molecule has 0 spiro atoms. The van der Waals surface area contributed by atoms with Crippen LogP contribution in [0.25, 0.3) is 11.0 Å². The van der Waals surface area contributed by atoms with Gasteiger partial charge in [-0.05, 0) is 50.1 Å². The highest BCUT2D eigenvalue weighted by molar-refractivity contribution is 5.96. The van der Waals surface area contributed by atoms with Gasteiger partial charge in [0, 0.05) is 31.1 Å². The molecule has 4 heteroatoms. The van der Waals surface area contributed by atoms with Gasteiger partial charge in [-0.15, -0.1) is 0 Å². The molecular weight excluding hydrogens is 252 g/mol. The molecule has 1 aliphatic heterocycles. The van der Waals surface area contributed by atoms with Gasteiger partial charge in [-0.1, -0.05) is 0 Å². The number of hydrogen-bond donors (Lipinski definition) is 1. The maximum atomic E-state index is 12.6. The maximum Gasteiger partial charge on any atom is 0.289 e. The van der Waals surface area contributed by atoms with Gasteiger partial charge in [0.25, 0.3) is 5.91 Å². The fourth-order valence-electron chi connectivity index (χ4n) is 2.69. The molecule has 1 amide bonds. The monoisotopic (exact) mass is 272 g/mol. The van der Waals surface area contributed by atoms with Gasteiger partial charge in [-0.25, -0.2) is 0 Å². The molecule has 1 aromatic heterocycles. The Kier molecular flexibility index (Phi) is 3.26. The Balaban J connectivity index is 1.95. The van der Waals surface area contributed by atoms with Crippen LogP contribution in [-0.2, 0) is 0 Å². The molecule has 1 fully saturated rings. The molecule has 0 saturated carbocycles. The molecule has 3 rings (SSSR count). The van der Waals surface area contributed by atoms with Crippen molar-refractivity contribution in [2.24, 2.45) is 0 Å². The quantitative estimate of drug-likeness (QED) is 0.867. The van der Waals surface area contributed by atoms with E-state index in [1.807, 2.05) is 17.0 Å². The Labute approximate surface area is 118 Å². The molecule has 1 aromatic carbocycles. The smallest absolute Gasteiger partial charge is 0.289 e. The SMILES string of the molecule is Cc1cc2cc(C(=O)N3CCNCC3C)oc2cc1C. The van der Waals surface area contributed by atoms with Crippen LogP contribution in [0.2, 0.25) is 0 Å². The largest absolute Gasteiger partial charge is 0.451 e. The maximum absolute atomic E-state index is 12.6. The van der Waals surface area contributed by atoms with Gasteiger partial charge in [0.15, 0.2) is 5.76 Å². The number of piperazine rings is 1. The number of carbonyl (C=O) groups excluding carboxylic acids is 1. The summed E-state index contributed by atoms with van der Waals surface area (Å²) in [5.74, 6) is 0.434. The van der Waals surface area contributed by atoms with Crippen molar-refractivity contribution in [3.05, 3.63) is 35.1 Å². The molecule has 0 aliphatic carbocycles. The lowest BCUT2D eigenvalue weighted by Crippen LogP contribution is -2.52. The molecule has 2 heterocycles. The van der Waals surface area contributed by atoms with E-state index < -0.39 is 0 Å². The second-order valence-corrected chi connectivity index (χ2v) is 5.64. The van der Waals surface area contributed by atoms with E-state index in [0.29, 0.717) is 5.76 Å². The minimum absolute atomic E-state index is 0.00879. The number of nitrogens with zero attached hydrogens (tertiary/aromatic N) is 1. The minimum Gasteiger partial charge on any atom is -0.451 e. The highest BCUT2D eigenvalue weighted by atomic mass is 16.3. The van der Waals surface area contributed by atoms with E-state index in [1.54, 1.807) is 0 Å². The summed E-state index contributed by atoms with van der Waals surface area (Å²) in [4.78, 5) is 14.4. The third-order valence-electron chi connectivity index (χ3n) is 4.11. The summed E-state index contributed by atoms with van der Waals surface area (Å²) < 4.78 is 5.76. The first-order valence-electron chi connectivity index (χ1n) is 7.09. The first-order chi connectivity index (χ1) is 9.56. The van der Waals surface area contributed by atoms with E-state index in [-0.39, 0.29) is 11.9 Å². The van der Waals surface area contributed by atoms with Crippen molar-refractivity contribution in [2.75, 3.05) is 19.6 Å². The Morgan fingerprint density at radius 1 is 1.30 bits per heavy atom. The molecule has 1 saturated heterocycles. The highest BCUT2D eigenvalue weighted by Crippen LogP contribution is 2.24. The second-order valence-electron chi connectivity index (χ2n) is 5.64. The average molecular weight is 272 g/mol. The van der Waals surface area contributed by atoms with Crippen molar-refractivity contribution in [1.29, 1.82) is 0 Å². The van der Waals surface area contributed by atoms with Crippen LogP contribution in [0.15, 0.2) is 22.6 Å². The molecule has 0 radical (unpaired) electrons. The molecule has 0 bridgehead atoms. The Morgan fingerprint density at radius 2 is 2.05 bits per heavy atom. The molecule has 1 atom stereocenters. The van der Waals surface area contributed by atoms with Gasteiger partial charge < -0.3 is 14.6 Å². The summed E-state index contributed by atoms with van der Waals surface area (Å²) in [6.07, 6.45) is 0. The number of benzene rings is 1. The summed E-state index contributed by atoms with van der Waals surface area (Å²) in [5.41, 5.74) is 3.19. The molecule has 20 heavy (non-hydrogen) atoms. The van der Waals surface area contributed by atoms with Crippen molar-refractivity contribution in [2.45, 2.75) is 26.8 Å². The molecular formula is C16H20N2O2. The number of carbonyl (C=O) groups is 1. The predicted molar refractivity (Wildman–Crippen MR) is 79.1 cm³/mol. The number of furan rings is 1. The van der Waals surface area contributed by atoms with Crippen LogP contribution in [-0.4, -0.2) is 36.5 Å². The number of aryl methyl sites for hydroxylation is 2. The third-order valence-corrected chi connectivity index (χ3v) is 4.11. The zero-order chi connectivity index (χ0) is 14.3. The van der Waals surface area contributed by atoms with Crippen LogP contribution in [0, 0.1) is 13.8 Å². The van der Waals surface area contributed by atoms with E-state index in [4.69, 9.17) is 4.42 Å². The fourth-order valence-corrected chi connectivity index (χ4v) is 2.69. The summed E-state index contributed by atoms with van der Waals surface area (Å²) in [7, 11) is 0. The standard InChI is InChI=1S/C16H20N2O2/c1-10-6-13-8-15(20-14(13)7-11(10)2)16(19)18-5-4-17-9-12(18)3/h6-8,12,17H,4-5,9H2,1-3H3. The minimum atomic E-state index is -0.00879.